The maximum Gasteiger partial charge on any atom is 0.347 e. The number of sulfonamides is 1. The summed E-state index contributed by atoms with van der Waals surface area (Å²) < 4.78 is 26.6. The standard InChI is InChI=1S/C10H11N3O4S2/c1-5-4-18-8(10(14)15)9(5)19(16,17)13-7-3-6(2)11-12-7/h3-4H,1-2H3,(H,14,15)(H2,11,12,13). The predicted octanol–water partition coefficient (Wildman–Crippen LogP) is 1.59. The first kappa shape index (κ1) is 13.6. The van der Waals surface area contributed by atoms with E-state index < -0.39 is 16.0 Å². The molecule has 19 heavy (non-hydrogen) atoms. The summed E-state index contributed by atoms with van der Waals surface area (Å²) in [7, 11) is -3.97. The third kappa shape index (κ3) is 2.61. The highest BCUT2D eigenvalue weighted by molar-refractivity contribution is 7.93. The molecule has 2 rings (SSSR count). The average molecular weight is 301 g/mol. The van der Waals surface area contributed by atoms with Crippen LogP contribution in [0.1, 0.15) is 20.9 Å². The molecule has 2 aromatic rings. The molecule has 0 aliphatic carbocycles. The first-order valence-corrected chi connectivity index (χ1v) is 7.54. The van der Waals surface area contributed by atoms with Crippen molar-refractivity contribution in [3.05, 3.63) is 27.6 Å². The number of thiophene rings is 1. The normalized spacial score (nSPS) is 11.5. The first-order chi connectivity index (χ1) is 8.81. The van der Waals surface area contributed by atoms with Gasteiger partial charge in [0, 0.05) is 11.8 Å². The number of carboxylic acids is 1. The summed E-state index contributed by atoms with van der Waals surface area (Å²) in [4.78, 5) is 10.6. The number of aromatic carboxylic acids is 1. The van der Waals surface area contributed by atoms with E-state index in [1.165, 1.54) is 11.4 Å². The van der Waals surface area contributed by atoms with Crippen LogP contribution in [-0.4, -0.2) is 29.7 Å². The van der Waals surface area contributed by atoms with Gasteiger partial charge in [-0.2, -0.15) is 5.10 Å². The fourth-order valence-electron chi connectivity index (χ4n) is 1.57. The average Bonchev–Trinajstić information content (AvgIpc) is 2.84. The van der Waals surface area contributed by atoms with Crippen molar-refractivity contribution in [1.82, 2.24) is 10.2 Å². The predicted molar refractivity (Wildman–Crippen MR) is 70.1 cm³/mol. The zero-order valence-corrected chi connectivity index (χ0v) is 11.7. The monoisotopic (exact) mass is 301 g/mol. The SMILES string of the molecule is Cc1cc(NS(=O)(=O)c2c(C)csc2C(=O)O)n[nH]1. The molecular weight excluding hydrogens is 290 g/mol. The minimum Gasteiger partial charge on any atom is -0.477 e. The molecular formula is C10H11N3O4S2. The van der Waals surface area contributed by atoms with Crippen molar-refractivity contribution < 1.29 is 18.3 Å². The lowest BCUT2D eigenvalue weighted by molar-refractivity contribution is 0.0698. The Bertz CT molecular complexity index is 730. The second kappa shape index (κ2) is 4.67. The number of hydrogen-bond donors (Lipinski definition) is 3. The van der Waals surface area contributed by atoms with E-state index in [0.29, 0.717) is 11.3 Å². The van der Waals surface area contributed by atoms with Crippen molar-refractivity contribution in [2.24, 2.45) is 0 Å². The summed E-state index contributed by atoms with van der Waals surface area (Å²) >= 11 is 0.880. The molecule has 0 aromatic carbocycles. The maximum atomic E-state index is 12.2. The molecule has 102 valence electrons. The number of hydrogen-bond acceptors (Lipinski definition) is 5. The minimum absolute atomic E-state index is 0.124. The second-order valence-electron chi connectivity index (χ2n) is 3.92. The van der Waals surface area contributed by atoms with E-state index in [9.17, 15) is 13.2 Å². The van der Waals surface area contributed by atoms with Crippen LogP contribution in [0.15, 0.2) is 16.3 Å². The van der Waals surface area contributed by atoms with Crippen LogP contribution in [0.25, 0.3) is 0 Å². The number of aryl methyl sites for hydroxylation is 2. The quantitative estimate of drug-likeness (QED) is 0.793. The molecule has 0 aliphatic heterocycles. The maximum absolute atomic E-state index is 12.2. The summed E-state index contributed by atoms with van der Waals surface area (Å²) in [6.07, 6.45) is 0. The summed E-state index contributed by atoms with van der Waals surface area (Å²) in [5.74, 6) is -1.14. The highest BCUT2D eigenvalue weighted by Crippen LogP contribution is 2.28. The van der Waals surface area contributed by atoms with Gasteiger partial charge in [0.05, 0.1) is 0 Å². The van der Waals surface area contributed by atoms with E-state index >= 15 is 0 Å². The first-order valence-electron chi connectivity index (χ1n) is 5.17. The molecule has 9 heteroatoms. The minimum atomic E-state index is -3.97. The number of aromatic amines is 1. The highest BCUT2D eigenvalue weighted by atomic mass is 32.2. The Labute approximate surface area is 113 Å². The molecule has 0 atom stereocenters. The summed E-state index contributed by atoms with van der Waals surface area (Å²) in [5, 5.41) is 16.9. The molecule has 7 nitrogen and oxygen atoms in total. The van der Waals surface area contributed by atoms with Gasteiger partial charge in [-0.3, -0.25) is 9.82 Å². The van der Waals surface area contributed by atoms with Crippen molar-refractivity contribution in [2.75, 3.05) is 4.72 Å². The molecule has 0 saturated carbocycles. The largest absolute Gasteiger partial charge is 0.477 e. The van der Waals surface area contributed by atoms with Gasteiger partial charge in [0.1, 0.15) is 9.77 Å². The Morgan fingerprint density at radius 2 is 2.16 bits per heavy atom. The van der Waals surface area contributed by atoms with E-state index in [0.717, 1.165) is 11.3 Å². The number of carbonyl (C=O) groups is 1. The molecule has 0 unspecified atom stereocenters. The van der Waals surface area contributed by atoms with Gasteiger partial charge in [0.2, 0.25) is 0 Å². The molecule has 0 fully saturated rings. The Kier molecular flexibility index (Phi) is 3.33. The van der Waals surface area contributed by atoms with Crippen LogP contribution in [0.5, 0.6) is 0 Å². The molecule has 0 spiro atoms. The van der Waals surface area contributed by atoms with Gasteiger partial charge in [-0.15, -0.1) is 11.3 Å². The fourth-order valence-corrected chi connectivity index (χ4v) is 4.20. The van der Waals surface area contributed by atoms with Crippen LogP contribution in [0.4, 0.5) is 5.82 Å². The van der Waals surface area contributed by atoms with Crippen molar-refractivity contribution in [3.8, 4) is 0 Å². The molecule has 0 saturated heterocycles. The van der Waals surface area contributed by atoms with Gasteiger partial charge in [0.15, 0.2) is 5.82 Å². The van der Waals surface area contributed by atoms with Crippen molar-refractivity contribution in [1.29, 1.82) is 0 Å². The van der Waals surface area contributed by atoms with Gasteiger partial charge in [-0.25, -0.2) is 13.2 Å². The zero-order valence-electron chi connectivity index (χ0n) is 10.1. The summed E-state index contributed by atoms with van der Waals surface area (Å²) in [6, 6.07) is 1.51. The zero-order chi connectivity index (χ0) is 14.2. The lowest BCUT2D eigenvalue weighted by Crippen LogP contribution is -2.16. The van der Waals surface area contributed by atoms with E-state index in [2.05, 4.69) is 14.9 Å². The summed E-state index contributed by atoms with van der Waals surface area (Å²) in [6.45, 7) is 3.27. The Balaban J connectivity index is 2.45. The topological polar surface area (TPSA) is 112 Å². The Hall–Kier alpha value is -1.87. The van der Waals surface area contributed by atoms with Crippen LogP contribution in [-0.2, 0) is 10.0 Å². The van der Waals surface area contributed by atoms with Gasteiger partial charge < -0.3 is 5.11 Å². The molecule has 3 N–H and O–H groups in total. The van der Waals surface area contributed by atoms with Crippen molar-refractivity contribution in [3.63, 3.8) is 0 Å². The molecule has 2 heterocycles. The van der Waals surface area contributed by atoms with Gasteiger partial charge >= 0.3 is 5.97 Å². The van der Waals surface area contributed by atoms with Gasteiger partial charge in [0.25, 0.3) is 10.0 Å². The number of nitrogens with one attached hydrogen (secondary N) is 2. The number of nitrogens with zero attached hydrogens (tertiary/aromatic N) is 1. The number of rotatable bonds is 4. The number of carboxylic acid groups (broad SMARTS) is 1. The van der Waals surface area contributed by atoms with Crippen LogP contribution in [0, 0.1) is 13.8 Å². The van der Waals surface area contributed by atoms with E-state index in [1.807, 2.05) is 0 Å². The smallest absolute Gasteiger partial charge is 0.347 e. The van der Waals surface area contributed by atoms with Crippen LogP contribution in [0.2, 0.25) is 0 Å². The highest BCUT2D eigenvalue weighted by Gasteiger charge is 2.27. The van der Waals surface area contributed by atoms with Crippen molar-refractivity contribution in [2.45, 2.75) is 18.7 Å². The lowest BCUT2D eigenvalue weighted by atomic mass is 10.3. The number of aromatic nitrogens is 2. The molecule has 0 bridgehead atoms. The molecule has 2 aromatic heterocycles. The van der Waals surface area contributed by atoms with E-state index in [1.54, 1.807) is 13.8 Å². The van der Waals surface area contributed by atoms with Crippen molar-refractivity contribution >= 4 is 33.1 Å². The number of H-pyrrole nitrogens is 1. The second-order valence-corrected chi connectivity index (χ2v) is 6.42. The molecule has 0 aliphatic rings. The molecule has 0 amide bonds. The number of anilines is 1. The third-order valence-electron chi connectivity index (χ3n) is 2.33. The fraction of sp³-hybridized carbons (Fsp3) is 0.200. The Morgan fingerprint density at radius 1 is 1.47 bits per heavy atom. The van der Waals surface area contributed by atoms with Crippen LogP contribution >= 0.6 is 11.3 Å². The Morgan fingerprint density at radius 3 is 2.68 bits per heavy atom. The van der Waals surface area contributed by atoms with E-state index in [4.69, 9.17) is 5.11 Å². The summed E-state index contributed by atoms with van der Waals surface area (Å²) in [5.41, 5.74) is 1.08. The van der Waals surface area contributed by atoms with Crippen LogP contribution in [0.3, 0.4) is 0 Å². The molecule has 0 radical (unpaired) electrons. The van der Waals surface area contributed by atoms with Gasteiger partial charge in [-0.05, 0) is 24.8 Å². The van der Waals surface area contributed by atoms with E-state index in [-0.39, 0.29) is 15.6 Å². The lowest BCUT2D eigenvalue weighted by Gasteiger charge is -2.06. The third-order valence-corrected chi connectivity index (χ3v) is 5.08. The van der Waals surface area contributed by atoms with Gasteiger partial charge in [-0.1, -0.05) is 0 Å². The van der Waals surface area contributed by atoms with Crippen LogP contribution < -0.4 is 4.72 Å².